The van der Waals surface area contributed by atoms with E-state index in [1.54, 1.807) is 0 Å². The zero-order valence-electron chi connectivity index (χ0n) is 18.1. The summed E-state index contributed by atoms with van der Waals surface area (Å²) in [6.45, 7) is 5.96. The molecular formula is C23H23N5O3S. The van der Waals surface area contributed by atoms with Gasteiger partial charge in [-0.1, -0.05) is 52.8 Å². The standard InChI is InChI=1S/C23H23N5O3S/c1-14-7-9-17(10-8-14)22-26-27-23(30-22)32-13-18-24-20(31-28-18)12-11-19(29)25-21-15(2)5-4-6-16(21)3/h4-10H,11-13H2,1-3H3,(H,25,29). The Balaban J connectivity index is 1.27. The van der Waals surface area contributed by atoms with Gasteiger partial charge in [0, 0.05) is 24.1 Å². The molecule has 2 aromatic heterocycles. The zero-order valence-corrected chi connectivity index (χ0v) is 18.9. The van der Waals surface area contributed by atoms with Gasteiger partial charge in [0.05, 0.1) is 5.75 Å². The first-order valence-corrected chi connectivity index (χ1v) is 11.2. The van der Waals surface area contributed by atoms with Crippen molar-refractivity contribution in [1.82, 2.24) is 20.3 Å². The molecule has 9 heteroatoms. The number of hydrogen-bond acceptors (Lipinski definition) is 8. The molecule has 0 aliphatic heterocycles. The molecule has 4 rings (SSSR count). The Kier molecular flexibility index (Phi) is 6.65. The van der Waals surface area contributed by atoms with Crippen molar-refractivity contribution in [2.24, 2.45) is 0 Å². The van der Waals surface area contributed by atoms with Gasteiger partial charge in [0.2, 0.25) is 17.7 Å². The minimum Gasteiger partial charge on any atom is -0.411 e. The molecule has 0 bridgehead atoms. The second-order valence-electron chi connectivity index (χ2n) is 7.45. The number of nitrogens with one attached hydrogen (secondary N) is 1. The molecule has 0 spiro atoms. The summed E-state index contributed by atoms with van der Waals surface area (Å²) in [5.74, 6) is 1.73. The van der Waals surface area contributed by atoms with Gasteiger partial charge < -0.3 is 14.3 Å². The van der Waals surface area contributed by atoms with Crippen molar-refractivity contribution in [3.05, 3.63) is 70.9 Å². The number of aromatic nitrogens is 4. The average molecular weight is 450 g/mol. The molecule has 8 nitrogen and oxygen atoms in total. The maximum atomic E-state index is 12.3. The molecule has 0 atom stereocenters. The number of hydrogen-bond donors (Lipinski definition) is 1. The summed E-state index contributed by atoms with van der Waals surface area (Å²) in [7, 11) is 0. The summed E-state index contributed by atoms with van der Waals surface area (Å²) in [6, 6.07) is 13.8. The third kappa shape index (κ3) is 5.42. The average Bonchev–Trinajstić information content (AvgIpc) is 3.44. The molecule has 0 aliphatic carbocycles. The molecule has 0 saturated carbocycles. The van der Waals surface area contributed by atoms with Crippen molar-refractivity contribution >= 4 is 23.4 Å². The number of amides is 1. The highest BCUT2D eigenvalue weighted by Crippen LogP contribution is 2.25. The number of carbonyl (C=O) groups is 1. The van der Waals surface area contributed by atoms with Gasteiger partial charge in [-0.25, -0.2) is 0 Å². The molecule has 0 saturated heterocycles. The molecule has 0 fully saturated rings. The number of benzene rings is 2. The zero-order chi connectivity index (χ0) is 22.5. The van der Waals surface area contributed by atoms with Gasteiger partial charge >= 0.3 is 0 Å². The molecule has 1 N–H and O–H groups in total. The Morgan fingerprint density at radius 2 is 1.78 bits per heavy atom. The molecule has 2 aromatic carbocycles. The van der Waals surface area contributed by atoms with Crippen molar-refractivity contribution in [2.45, 2.75) is 44.6 Å². The van der Waals surface area contributed by atoms with E-state index in [4.69, 9.17) is 8.94 Å². The largest absolute Gasteiger partial charge is 0.411 e. The summed E-state index contributed by atoms with van der Waals surface area (Å²) in [5.41, 5.74) is 4.95. The van der Waals surface area contributed by atoms with Gasteiger partial charge in [0.1, 0.15) is 0 Å². The lowest BCUT2D eigenvalue weighted by molar-refractivity contribution is -0.116. The van der Waals surface area contributed by atoms with Crippen LogP contribution in [0.1, 0.15) is 34.8 Å². The maximum Gasteiger partial charge on any atom is 0.277 e. The number of para-hydroxylation sites is 1. The van der Waals surface area contributed by atoms with Crippen LogP contribution in [0.5, 0.6) is 0 Å². The quantitative estimate of drug-likeness (QED) is 0.378. The van der Waals surface area contributed by atoms with Crippen molar-refractivity contribution < 1.29 is 13.7 Å². The molecule has 164 valence electrons. The van der Waals surface area contributed by atoms with E-state index < -0.39 is 0 Å². The fourth-order valence-electron chi connectivity index (χ4n) is 3.09. The number of rotatable bonds is 8. The monoisotopic (exact) mass is 449 g/mol. The summed E-state index contributed by atoms with van der Waals surface area (Å²) in [5, 5.41) is 15.5. The molecule has 4 aromatic rings. The van der Waals surface area contributed by atoms with E-state index in [1.165, 1.54) is 17.3 Å². The predicted molar refractivity (Wildman–Crippen MR) is 121 cm³/mol. The van der Waals surface area contributed by atoms with Crippen molar-refractivity contribution in [3.8, 4) is 11.5 Å². The van der Waals surface area contributed by atoms with E-state index in [0.29, 0.717) is 35.0 Å². The molecule has 0 aliphatic rings. The first-order valence-electron chi connectivity index (χ1n) is 10.2. The topological polar surface area (TPSA) is 107 Å². The van der Waals surface area contributed by atoms with Gasteiger partial charge in [-0.3, -0.25) is 4.79 Å². The number of aryl methyl sites for hydroxylation is 4. The lowest BCUT2D eigenvalue weighted by Gasteiger charge is -2.10. The summed E-state index contributed by atoms with van der Waals surface area (Å²) >= 11 is 1.33. The van der Waals surface area contributed by atoms with Gasteiger partial charge in [0.25, 0.3) is 5.22 Å². The highest BCUT2D eigenvalue weighted by atomic mass is 32.2. The fraction of sp³-hybridized carbons (Fsp3) is 0.261. The Morgan fingerprint density at radius 3 is 2.53 bits per heavy atom. The van der Waals surface area contributed by atoms with Crippen LogP contribution in [0.15, 0.2) is 56.6 Å². The molecule has 1 amide bonds. The van der Waals surface area contributed by atoms with Crippen LogP contribution in [0, 0.1) is 20.8 Å². The second kappa shape index (κ2) is 9.78. The van der Waals surface area contributed by atoms with Crippen LogP contribution >= 0.6 is 11.8 Å². The normalized spacial score (nSPS) is 11.0. The Bertz CT molecular complexity index is 1200. The van der Waals surface area contributed by atoms with E-state index in [9.17, 15) is 4.79 Å². The second-order valence-corrected chi connectivity index (χ2v) is 8.37. The SMILES string of the molecule is Cc1ccc(-c2nnc(SCc3noc(CCC(=O)Nc4c(C)cccc4C)n3)o2)cc1. The molecule has 0 unspecified atom stereocenters. The van der Waals surface area contributed by atoms with Crippen molar-refractivity contribution in [2.75, 3.05) is 5.32 Å². The minimum absolute atomic E-state index is 0.0916. The molecular weight excluding hydrogens is 426 g/mol. The summed E-state index contributed by atoms with van der Waals surface area (Å²) < 4.78 is 11.0. The first kappa shape index (κ1) is 21.8. The fourth-order valence-corrected chi connectivity index (χ4v) is 3.70. The lowest BCUT2D eigenvalue weighted by atomic mass is 10.1. The summed E-state index contributed by atoms with van der Waals surface area (Å²) in [6.07, 6.45) is 0.624. The number of carbonyl (C=O) groups excluding carboxylic acids is 1. The van der Waals surface area contributed by atoms with Crippen LogP contribution in [0.3, 0.4) is 0 Å². The Hall–Kier alpha value is -3.46. The highest BCUT2D eigenvalue weighted by Gasteiger charge is 2.14. The highest BCUT2D eigenvalue weighted by molar-refractivity contribution is 7.98. The number of anilines is 1. The Labute approximate surface area is 189 Å². The molecule has 2 heterocycles. The van der Waals surface area contributed by atoms with E-state index in [-0.39, 0.29) is 12.3 Å². The van der Waals surface area contributed by atoms with Crippen LogP contribution in [0.25, 0.3) is 11.5 Å². The van der Waals surface area contributed by atoms with E-state index >= 15 is 0 Å². The van der Waals surface area contributed by atoms with E-state index in [0.717, 1.165) is 22.4 Å². The van der Waals surface area contributed by atoms with Crippen LogP contribution < -0.4 is 5.32 Å². The van der Waals surface area contributed by atoms with Crippen LogP contribution in [-0.2, 0) is 17.0 Å². The molecule has 32 heavy (non-hydrogen) atoms. The predicted octanol–water partition coefficient (Wildman–Crippen LogP) is 4.91. The van der Waals surface area contributed by atoms with E-state index in [1.807, 2.05) is 63.2 Å². The third-order valence-corrected chi connectivity index (χ3v) is 5.67. The lowest BCUT2D eigenvalue weighted by Crippen LogP contribution is -2.14. The first-order chi connectivity index (χ1) is 15.5. The van der Waals surface area contributed by atoms with E-state index in [2.05, 4.69) is 25.7 Å². The number of thioether (sulfide) groups is 1. The van der Waals surface area contributed by atoms with Gasteiger partial charge in [-0.05, 0) is 44.0 Å². The molecule has 0 radical (unpaired) electrons. The summed E-state index contributed by atoms with van der Waals surface area (Å²) in [4.78, 5) is 16.7. The van der Waals surface area contributed by atoms with Crippen molar-refractivity contribution in [3.63, 3.8) is 0 Å². The van der Waals surface area contributed by atoms with Crippen LogP contribution in [0.2, 0.25) is 0 Å². The van der Waals surface area contributed by atoms with Crippen molar-refractivity contribution in [1.29, 1.82) is 0 Å². The van der Waals surface area contributed by atoms with Crippen LogP contribution in [-0.4, -0.2) is 26.2 Å². The van der Waals surface area contributed by atoms with Crippen LogP contribution in [0.4, 0.5) is 5.69 Å². The Morgan fingerprint density at radius 1 is 1.03 bits per heavy atom. The smallest absolute Gasteiger partial charge is 0.277 e. The number of nitrogens with zero attached hydrogens (tertiary/aromatic N) is 4. The third-order valence-electron chi connectivity index (χ3n) is 4.85. The van der Waals surface area contributed by atoms with Gasteiger partial charge in [-0.15, -0.1) is 10.2 Å². The maximum absolute atomic E-state index is 12.3. The van der Waals surface area contributed by atoms with Gasteiger partial charge in [-0.2, -0.15) is 4.98 Å². The van der Waals surface area contributed by atoms with Gasteiger partial charge in [0.15, 0.2) is 5.82 Å². The minimum atomic E-state index is -0.0916.